The summed E-state index contributed by atoms with van der Waals surface area (Å²) in [6.45, 7) is 0.450. The highest BCUT2D eigenvalue weighted by Gasteiger charge is 2.32. The topological polar surface area (TPSA) is 38.1 Å². The number of hydrogen-bond donors (Lipinski definition) is 0. The molecule has 4 nitrogen and oxygen atoms in total. The number of halogens is 3. The second-order valence-electron chi connectivity index (χ2n) is 8.18. The maximum atomic E-state index is 13.2. The highest BCUT2D eigenvalue weighted by atomic mass is 19.4. The number of amides is 1. The number of aryl methyl sites for hydroxylation is 1. The summed E-state index contributed by atoms with van der Waals surface area (Å²) in [7, 11) is 1.94. The van der Waals surface area contributed by atoms with Gasteiger partial charge in [-0.05, 0) is 49.3 Å². The number of alkyl halides is 3. The maximum absolute atomic E-state index is 13.2. The summed E-state index contributed by atoms with van der Waals surface area (Å²) >= 11 is 0. The molecule has 4 rings (SSSR count). The van der Waals surface area contributed by atoms with Gasteiger partial charge in [-0.3, -0.25) is 9.48 Å². The van der Waals surface area contributed by atoms with Crippen LogP contribution in [0.1, 0.15) is 60.2 Å². The standard InChI is InChI=1S/C22H26F3N3O/c1-27-20-11-5-10-18(20)19(26-27)14-28(17-8-2-3-9-17)21(29)13-15-6-4-7-16(12-15)22(23,24)25/h4,6-7,12,17H,2-3,5,8-11,13-14H2,1H3. The van der Waals surface area contributed by atoms with E-state index in [4.69, 9.17) is 0 Å². The number of aromatic nitrogens is 2. The fourth-order valence-corrected chi connectivity index (χ4v) is 4.76. The van der Waals surface area contributed by atoms with Crippen LogP contribution in [0.3, 0.4) is 0 Å². The molecule has 2 aliphatic carbocycles. The van der Waals surface area contributed by atoms with E-state index < -0.39 is 11.7 Å². The van der Waals surface area contributed by atoms with Crippen LogP contribution < -0.4 is 0 Å². The Bertz CT molecular complexity index is 897. The predicted molar refractivity (Wildman–Crippen MR) is 103 cm³/mol. The van der Waals surface area contributed by atoms with Crippen molar-refractivity contribution in [3.05, 3.63) is 52.3 Å². The van der Waals surface area contributed by atoms with Gasteiger partial charge in [0.05, 0.1) is 24.2 Å². The van der Waals surface area contributed by atoms with Crippen LogP contribution in [-0.2, 0) is 43.8 Å². The fourth-order valence-electron chi connectivity index (χ4n) is 4.76. The molecule has 0 unspecified atom stereocenters. The number of nitrogens with zero attached hydrogens (tertiary/aromatic N) is 3. The molecule has 1 saturated carbocycles. The van der Waals surface area contributed by atoms with E-state index in [1.54, 1.807) is 6.07 Å². The van der Waals surface area contributed by atoms with E-state index >= 15 is 0 Å². The molecule has 156 valence electrons. The normalized spacial score (nSPS) is 17.0. The van der Waals surface area contributed by atoms with Crippen LogP contribution in [0.5, 0.6) is 0 Å². The lowest BCUT2D eigenvalue weighted by atomic mass is 10.1. The molecule has 1 aromatic carbocycles. The summed E-state index contributed by atoms with van der Waals surface area (Å²) in [5.74, 6) is -0.117. The summed E-state index contributed by atoms with van der Waals surface area (Å²) in [6.07, 6.45) is 2.74. The van der Waals surface area contributed by atoms with Crippen LogP contribution in [0.15, 0.2) is 24.3 Å². The van der Waals surface area contributed by atoms with Crippen LogP contribution in [0.2, 0.25) is 0 Å². The molecule has 0 aliphatic heterocycles. The van der Waals surface area contributed by atoms with Gasteiger partial charge in [-0.15, -0.1) is 0 Å². The van der Waals surface area contributed by atoms with Gasteiger partial charge in [-0.2, -0.15) is 18.3 Å². The summed E-state index contributed by atoms with van der Waals surface area (Å²) in [5, 5.41) is 4.65. The highest BCUT2D eigenvalue weighted by Crippen LogP contribution is 2.31. The largest absolute Gasteiger partial charge is 0.416 e. The molecular weight excluding hydrogens is 379 g/mol. The molecule has 2 aromatic rings. The van der Waals surface area contributed by atoms with Crippen molar-refractivity contribution in [3.8, 4) is 0 Å². The Morgan fingerprint density at radius 1 is 1.21 bits per heavy atom. The van der Waals surface area contributed by atoms with Crippen molar-refractivity contribution in [1.82, 2.24) is 14.7 Å². The number of fused-ring (bicyclic) bond motifs is 1. The molecule has 7 heteroatoms. The van der Waals surface area contributed by atoms with E-state index in [1.807, 2.05) is 16.6 Å². The van der Waals surface area contributed by atoms with Gasteiger partial charge in [0.1, 0.15) is 0 Å². The fraction of sp³-hybridized carbons (Fsp3) is 0.545. The van der Waals surface area contributed by atoms with Crippen molar-refractivity contribution in [2.24, 2.45) is 7.05 Å². The molecule has 0 atom stereocenters. The Labute approximate surface area is 168 Å². The van der Waals surface area contributed by atoms with Crippen molar-refractivity contribution < 1.29 is 18.0 Å². The quantitative estimate of drug-likeness (QED) is 0.738. The van der Waals surface area contributed by atoms with Gasteiger partial charge in [-0.25, -0.2) is 0 Å². The van der Waals surface area contributed by atoms with E-state index in [0.717, 1.165) is 62.8 Å². The van der Waals surface area contributed by atoms with Gasteiger partial charge >= 0.3 is 6.18 Å². The Balaban J connectivity index is 1.56. The Kier molecular flexibility index (Phi) is 5.40. The zero-order valence-electron chi connectivity index (χ0n) is 16.6. The van der Waals surface area contributed by atoms with Crippen LogP contribution >= 0.6 is 0 Å². The van der Waals surface area contributed by atoms with Crippen LogP contribution in [0, 0.1) is 0 Å². The van der Waals surface area contributed by atoms with Crippen LogP contribution in [0.4, 0.5) is 13.2 Å². The molecule has 0 N–H and O–H groups in total. The van der Waals surface area contributed by atoms with E-state index in [0.29, 0.717) is 12.1 Å². The molecular formula is C22H26F3N3O. The van der Waals surface area contributed by atoms with E-state index in [1.165, 1.54) is 17.3 Å². The van der Waals surface area contributed by atoms with Gasteiger partial charge in [-0.1, -0.05) is 31.0 Å². The van der Waals surface area contributed by atoms with Crippen molar-refractivity contribution in [1.29, 1.82) is 0 Å². The molecule has 0 spiro atoms. The molecule has 1 heterocycles. The molecule has 1 amide bonds. The monoisotopic (exact) mass is 405 g/mol. The third kappa shape index (κ3) is 4.19. The predicted octanol–water partition coefficient (Wildman–Crippen LogP) is 4.44. The third-order valence-corrected chi connectivity index (χ3v) is 6.21. The number of rotatable bonds is 5. The molecule has 1 aromatic heterocycles. The van der Waals surface area contributed by atoms with Gasteiger partial charge in [0.15, 0.2) is 0 Å². The van der Waals surface area contributed by atoms with E-state index in [2.05, 4.69) is 5.10 Å². The van der Waals surface area contributed by atoms with Gasteiger partial charge in [0, 0.05) is 18.8 Å². The Morgan fingerprint density at radius 3 is 2.69 bits per heavy atom. The Hall–Kier alpha value is -2.31. The zero-order valence-corrected chi connectivity index (χ0v) is 16.6. The van der Waals surface area contributed by atoms with Gasteiger partial charge < -0.3 is 4.90 Å². The first-order valence-corrected chi connectivity index (χ1v) is 10.3. The minimum absolute atomic E-state index is 0.0184. The highest BCUT2D eigenvalue weighted by molar-refractivity contribution is 5.79. The number of carbonyl (C=O) groups excluding carboxylic acids is 1. The lowest BCUT2D eigenvalue weighted by molar-refractivity contribution is -0.138. The maximum Gasteiger partial charge on any atom is 0.416 e. The number of benzene rings is 1. The molecule has 0 saturated heterocycles. The summed E-state index contributed by atoms with van der Waals surface area (Å²) in [5.41, 5.74) is 3.14. The number of hydrogen-bond acceptors (Lipinski definition) is 2. The first-order chi connectivity index (χ1) is 13.8. The molecule has 2 aliphatic rings. The molecule has 0 radical (unpaired) electrons. The van der Waals surface area contributed by atoms with Crippen LogP contribution in [0.25, 0.3) is 0 Å². The second-order valence-corrected chi connectivity index (χ2v) is 8.18. The molecule has 0 bridgehead atoms. The van der Waals surface area contributed by atoms with Crippen LogP contribution in [-0.4, -0.2) is 26.6 Å². The lowest BCUT2D eigenvalue weighted by Crippen LogP contribution is -2.39. The summed E-state index contributed by atoms with van der Waals surface area (Å²) < 4.78 is 41.0. The Morgan fingerprint density at radius 2 is 1.97 bits per heavy atom. The summed E-state index contributed by atoms with van der Waals surface area (Å²) in [6, 6.07) is 5.24. The first kappa shape index (κ1) is 20.0. The lowest BCUT2D eigenvalue weighted by Gasteiger charge is -2.29. The van der Waals surface area contributed by atoms with E-state index in [-0.39, 0.29) is 18.4 Å². The SMILES string of the molecule is Cn1nc(CN(C(=O)Cc2cccc(C(F)(F)F)c2)C2CCCC2)c2c1CCC2. The third-order valence-electron chi connectivity index (χ3n) is 6.21. The molecule has 29 heavy (non-hydrogen) atoms. The minimum Gasteiger partial charge on any atom is -0.333 e. The van der Waals surface area contributed by atoms with Crippen molar-refractivity contribution in [3.63, 3.8) is 0 Å². The second kappa shape index (κ2) is 7.84. The van der Waals surface area contributed by atoms with E-state index in [9.17, 15) is 18.0 Å². The van der Waals surface area contributed by atoms with Gasteiger partial charge in [0.25, 0.3) is 0 Å². The summed E-state index contributed by atoms with van der Waals surface area (Å²) in [4.78, 5) is 15.1. The minimum atomic E-state index is -4.40. The smallest absolute Gasteiger partial charge is 0.333 e. The van der Waals surface area contributed by atoms with Crippen molar-refractivity contribution in [2.45, 2.75) is 70.1 Å². The van der Waals surface area contributed by atoms with Crippen molar-refractivity contribution >= 4 is 5.91 Å². The number of carbonyl (C=O) groups is 1. The zero-order chi connectivity index (χ0) is 20.6. The van der Waals surface area contributed by atoms with Crippen molar-refractivity contribution in [2.75, 3.05) is 0 Å². The first-order valence-electron chi connectivity index (χ1n) is 10.3. The van der Waals surface area contributed by atoms with Gasteiger partial charge in [0.2, 0.25) is 5.91 Å². The molecule has 1 fully saturated rings. The average Bonchev–Trinajstić information content (AvgIpc) is 3.40. The average molecular weight is 405 g/mol.